The lowest BCUT2D eigenvalue weighted by molar-refractivity contribution is -0.933. The van der Waals surface area contributed by atoms with Crippen LogP contribution in [0, 0.1) is 0 Å². The lowest BCUT2D eigenvalue weighted by Crippen LogP contribution is -2.51. The van der Waals surface area contributed by atoms with E-state index in [1.807, 2.05) is 21.0 Å². The first kappa shape index (κ1) is 11.2. The Balaban J connectivity index is 2.42. The van der Waals surface area contributed by atoms with Gasteiger partial charge in [-0.15, -0.1) is 0 Å². The number of nitrogens with zero attached hydrogens (tertiary/aromatic N) is 1. The molecule has 0 radical (unpaired) electrons. The molecule has 4 nitrogen and oxygen atoms in total. The van der Waals surface area contributed by atoms with Gasteiger partial charge in [-0.1, -0.05) is 6.58 Å². The van der Waals surface area contributed by atoms with Gasteiger partial charge in [-0.3, -0.25) is 4.48 Å². The quantitative estimate of drug-likeness (QED) is 0.214. The van der Waals surface area contributed by atoms with E-state index in [2.05, 4.69) is 6.58 Å². The van der Waals surface area contributed by atoms with E-state index in [0.29, 0.717) is 10.6 Å². The van der Waals surface area contributed by atoms with Crippen molar-refractivity contribution in [2.75, 3.05) is 27.2 Å². The Morgan fingerprint density at radius 2 is 2.36 bits per heavy atom. The van der Waals surface area contributed by atoms with Crippen LogP contribution in [0.15, 0.2) is 12.7 Å². The number of likely N-dealkylation sites (N-methyl/N-ethyl adjacent to an activating group) is 1. The summed E-state index contributed by atoms with van der Waals surface area (Å²) < 4.78 is 10.9. The summed E-state index contributed by atoms with van der Waals surface area (Å²) in [5.74, 6) is -0.375. The molecular formula is C10H18NO3+. The molecule has 2 atom stereocenters. The molecule has 0 N–H and O–H groups in total. The van der Waals surface area contributed by atoms with Gasteiger partial charge in [-0.05, 0) is 0 Å². The predicted molar refractivity (Wildman–Crippen MR) is 52.5 cm³/mol. The standard InChI is InChI=1S/C10H18NO3/c1-5-10(12)14-8(2)11(3,4)6-9-7-13-9/h5,8-9H,1,6-7H2,2-4H3/q+1. The van der Waals surface area contributed by atoms with E-state index in [9.17, 15) is 4.79 Å². The summed E-state index contributed by atoms with van der Waals surface area (Å²) >= 11 is 0. The molecule has 80 valence electrons. The number of carbonyl (C=O) groups is 1. The van der Waals surface area contributed by atoms with Crippen LogP contribution in [0.2, 0.25) is 0 Å². The number of quaternary nitrogens is 1. The van der Waals surface area contributed by atoms with Crippen molar-refractivity contribution in [2.24, 2.45) is 0 Å². The average molecular weight is 200 g/mol. The fraction of sp³-hybridized carbons (Fsp3) is 0.700. The molecule has 0 saturated carbocycles. The third-order valence-corrected chi connectivity index (χ3v) is 2.51. The maximum absolute atomic E-state index is 11.0. The van der Waals surface area contributed by atoms with Crippen LogP contribution in [0.1, 0.15) is 6.92 Å². The van der Waals surface area contributed by atoms with Crippen LogP contribution in [0.3, 0.4) is 0 Å². The Bertz CT molecular complexity index is 234. The van der Waals surface area contributed by atoms with Crippen LogP contribution in [-0.4, -0.2) is 50.0 Å². The van der Waals surface area contributed by atoms with Crippen molar-refractivity contribution in [1.82, 2.24) is 0 Å². The largest absolute Gasteiger partial charge is 0.410 e. The van der Waals surface area contributed by atoms with Gasteiger partial charge in [-0.2, -0.15) is 0 Å². The molecular weight excluding hydrogens is 182 g/mol. The van der Waals surface area contributed by atoms with Gasteiger partial charge in [-0.25, -0.2) is 4.79 Å². The second-order valence-corrected chi connectivity index (χ2v) is 4.16. The van der Waals surface area contributed by atoms with E-state index in [-0.39, 0.29) is 12.2 Å². The van der Waals surface area contributed by atoms with Gasteiger partial charge in [0, 0.05) is 13.0 Å². The van der Waals surface area contributed by atoms with Crippen LogP contribution in [0.5, 0.6) is 0 Å². The van der Waals surface area contributed by atoms with Crippen LogP contribution in [-0.2, 0) is 14.3 Å². The van der Waals surface area contributed by atoms with Crippen molar-refractivity contribution in [1.29, 1.82) is 0 Å². The molecule has 1 aliphatic heterocycles. The third-order valence-electron chi connectivity index (χ3n) is 2.51. The summed E-state index contributed by atoms with van der Waals surface area (Å²) in [5.41, 5.74) is 0. The van der Waals surface area contributed by atoms with Crippen LogP contribution in [0.4, 0.5) is 0 Å². The molecule has 1 fully saturated rings. The number of epoxide rings is 1. The van der Waals surface area contributed by atoms with Crippen molar-refractivity contribution in [3.05, 3.63) is 12.7 Å². The van der Waals surface area contributed by atoms with Gasteiger partial charge in [0.25, 0.3) is 0 Å². The molecule has 0 aromatic carbocycles. The molecule has 2 unspecified atom stereocenters. The fourth-order valence-corrected chi connectivity index (χ4v) is 1.21. The summed E-state index contributed by atoms with van der Waals surface area (Å²) in [4.78, 5) is 11.0. The molecule has 0 bridgehead atoms. The minimum absolute atomic E-state index is 0.176. The SMILES string of the molecule is C=CC(=O)OC(C)[N+](C)(C)CC1CO1. The first-order valence-electron chi connectivity index (χ1n) is 4.73. The van der Waals surface area contributed by atoms with E-state index >= 15 is 0 Å². The minimum Gasteiger partial charge on any atom is -0.410 e. The maximum Gasteiger partial charge on any atom is 0.334 e. The number of carbonyl (C=O) groups excluding carboxylic acids is 1. The van der Waals surface area contributed by atoms with Crippen LogP contribution < -0.4 is 0 Å². The summed E-state index contributed by atoms with van der Waals surface area (Å²) in [6.07, 6.45) is 1.34. The van der Waals surface area contributed by atoms with Crippen molar-refractivity contribution < 1.29 is 18.8 Å². The van der Waals surface area contributed by atoms with Gasteiger partial charge in [0.2, 0.25) is 6.23 Å². The zero-order valence-electron chi connectivity index (χ0n) is 9.03. The lowest BCUT2D eigenvalue weighted by Gasteiger charge is -2.34. The summed E-state index contributed by atoms with van der Waals surface area (Å²) in [6.45, 7) is 6.93. The maximum atomic E-state index is 11.0. The van der Waals surface area contributed by atoms with Crippen molar-refractivity contribution in [2.45, 2.75) is 19.3 Å². The van der Waals surface area contributed by atoms with Crippen LogP contribution >= 0.6 is 0 Å². The zero-order valence-corrected chi connectivity index (χ0v) is 9.03. The molecule has 1 heterocycles. The highest BCUT2D eigenvalue weighted by atomic mass is 16.6. The zero-order chi connectivity index (χ0) is 10.8. The van der Waals surface area contributed by atoms with Crippen molar-refractivity contribution in [3.63, 3.8) is 0 Å². The minimum atomic E-state index is -0.375. The summed E-state index contributed by atoms with van der Waals surface area (Å²) in [5, 5.41) is 0. The van der Waals surface area contributed by atoms with E-state index in [1.165, 1.54) is 6.08 Å². The van der Waals surface area contributed by atoms with E-state index in [4.69, 9.17) is 9.47 Å². The second-order valence-electron chi connectivity index (χ2n) is 4.16. The molecule has 0 aromatic rings. The normalized spacial score (nSPS) is 22.6. The van der Waals surface area contributed by atoms with Gasteiger partial charge >= 0.3 is 5.97 Å². The van der Waals surface area contributed by atoms with Gasteiger partial charge in [0.15, 0.2) is 0 Å². The molecule has 0 spiro atoms. The molecule has 4 heteroatoms. The monoisotopic (exact) mass is 200 g/mol. The number of rotatable bonds is 5. The molecule has 1 rings (SSSR count). The Labute approximate surface area is 84.7 Å². The van der Waals surface area contributed by atoms with Gasteiger partial charge in [0.1, 0.15) is 12.6 Å². The smallest absolute Gasteiger partial charge is 0.334 e. The first-order chi connectivity index (χ1) is 6.45. The molecule has 0 amide bonds. The highest BCUT2D eigenvalue weighted by Gasteiger charge is 2.36. The Morgan fingerprint density at radius 3 is 2.79 bits per heavy atom. The van der Waals surface area contributed by atoms with E-state index in [1.54, 1.807) is 0 Å². The molecule has 1 saturated heterocycles. The number of esters is 1. The summed E-state index contributed by atoms with van der Waals surface area (Å²) in [6, 6.07) is 0. The van der Waals surface area contributed by atoms with Crippen molar-refractivity contribution >= 4 is 5.97 Å². The van der Waals surface area contributed by atoms with Gasteiger partial charge in [0.05, 0.1) is 20.7 Å². The predicted octanol–water partition coefficient (Wildman–Crippen LogP) is 0.537. The molecule has 0 aromatic heterocycles. The molecule has 14 heavy (non-hydrogen) atoms. The highest BCUT2D eigenvalue weighted by Crippen LogP contribution is 2.17. The third kappa shape index (κ3) is 3.12. The fourth-order valence-electron chi connectivity index (χ4n) is 1.21. The Morgan fingerprint density at radius 1 is 1.79 bits per heavy atom. The Kier molecular flexibility index (Phi) is 3.29. The van der Waals surface area contributed by atoms with Crippen molar-refractivity contribution in [3.8, 4) is 0 Å². The molecule has 0 aliphatic carbocycles. The van der Waals surface area contributed by atoms with E-state index in [0.717, 1.165) is 13.2 Å². The topological polar surface area (TPSA) is 38.8 Å². The van der Waals surface area contributed by atoms with Gasteiger partial charge < -0.3 is 9.47 Å². The molecule has 1 aliphatic rings. The highest BCUT2D eigenvalue weighted by molar-refractivity contribution is 5.81. The van der Waals surface area contributed by atoms with E-state index < -0.39 is 0 Å². The summed E-state index contributed by atoms with van der Waals surface area (Å²) in [7, 11) is 4.03. The lowest BCUT2D eigenvalue weighted by atomic mass is 10.3. The number of ether oxygens (including phenoxy) is 2. The average Bonchev–Trinajstić information content (AvgIpc) is 2.87. The number of hydrogen-bond donors (Lipinski definition) is 0. The first-order valence-corrected chi connectivity index (χ1v) is 4.73. The second kappa shape index (κ2) is 4.11. The number of hydrogen-bond acceptors (Lipinski definition) is 3. The van der Waals surface area contributed by atoms with Crippen LogP contribution in [0.25, 0.3) is 0 Å². The Hall–Kier alpha value is -0.870.